The molecule has 2 heterocycles. The number of carbonyl (C=O) groups is 3. The predicted molar refractivity (Wildman–Crippen MR) is 78.3 cm³/mol. The lowest BCUT2D eigenvalue weighted by Crippen LogP contribution is -2.38. The molecule has 1 saturated heterocycles. The van der Waals surface area contributed by atoms with E-state index in [4.69, 9.17) is 18.9 Å². The molecule has 2 aliphatic heterocycles. The molecule has 1 amide bonds. The van der Waals surface area contributed by atoms with Gasteiger partial charge in [0.25, 0.3) is 12.4 Å². The Kier molecular flexibility index (Phi) is 4.28. The fraction of sp³-hybridized carbons (Fsp3) is 0.357. The van der Waals surface area contributed by atoms with E-state index in [1.165, 1.54) is 35.7 Å². The zero-order chi connectivity index (χ0) is 16.4. The van der Waals surface area contributed by atoms with E-state index in [1.54, 1.807) is 0 Å². The van der Waals surface area contributed by atoms with Crippen LogP contribution in [0.1, 0.15) is 17.3 Å². The minimum Gasteiger partial charge on any atom is -0.454 e. The molecule has 0 N–H and O–H groups in total. The van der Waals surface area contributed by atoms with Gasteiger partial charge in [-0.2, -0.15) is 0 Å². The Bertz CT molecular complexity index is 663. The van der Waals surface area contributed by atoms with Crippen LogP contribution < -0.4 is 14.2 Å². The predicted octanol–water partition coefficient (Wildman–Crippen LogP) is 0.986. The highest BCUT2D eigenvalue weighted by molar-refractivity contribution is 7.99. The van der Waals surface area contributed by atoms with Crippen LogP contribution >= 0.6 is 11.8 Å². The van der Waals surface area contributed by atoms with Gasteiger partial charge in [-0.1, -0.05) is 0 Å². The highest BCUT2D eigenvalue weighted by atomic mass is 32.2. The van der Waals surface area contributed by atoms with Crippen molar-refractivity contribution in [2.24, 2.45) is 0 Å². The average molecular weight is 339 g/mol. The van der Waals surface area contributed by atoms with Crippen molar-refractivity contribution in [3.63, 3.8) is 0 Å². The Hall–Kier alpha value is -2.42. The lowest BCUT2D eigenvalue weighted by molar-refractivity contribution is -0.137. The van der Waals surface area contributed by atoms with E-state index in [1.807, 2.05) is 0 Å². The molecule has 0 bridgehead atoms. The van der Waals surface area contributed by atoms with Gasteiger partial charge in [0.2, 0.25) is 6.79 Å². The van der Waals surface area contributed by atoms with E-state index in [0.29, 0.717) is 29.6 Å². The van der Waals surface area contributed by atoms with E-state index in [9.17, 15) is 14.4 Å². The molecule has 8 nitrogen and oxygen atoms in total. The molecule has 1 fully saturated rings. The number of rotatable bonds is 4. The average Bonchev–Trinajstić information content (AvgIpc) is 3.14. The van der Waals surface area contributed by atoms with Crippen LogP contribution in [0.5, 0.6) is 17.2 Å². The van der Waals surface area contributed by atoms with Crippen molar-refractivity contribution >= 4 is 30.1 Å². The number of hydrogen-bond acceptors (Lipinski definition) is 8. The molecule has 2 aliphatic rings. The Morgan fingerprint density at radius 2 is 2.09 bits per heavy atom. The lowest BCUT2D eigenvalue weighted by atomic mass is 10.1. The monoisotopic (exact) mass is 339 g/mol. The summed E-state index contributed by atoms with van der Waals surface area (Å²) in [6, 6.07) is 2.90. The molecular weight excluding hydrogens is 326 g/mol. The molecule has 0 aromatic heterocycles. The summed E-state index contributed by atoms with van der Waals surface area (Å²) in [5.41, 5.74) is 0.145. The van der Waals surface area contributed by atoms with Crippen molar-refractivity contribution in [2.45, 2.75) is 13.2 Å². The number of ether oxygens (including phenoxy) is 4. The third-order valence-electron chi connectivity index (χ3n) is 3.27. The molecule has 0 radical (unpaired) electrons. The van der Waals surface area contributed by atoms with Crippen LogP contribution in [0.2, 0.25) is 0 Å². The third-order valence-corrected chi connectivity index (χ3v) is 4.25. The van der Waals surface area contributed by atoms with Gasteiger partial charge in [0.05, 0.1) is 17.2 Å². The summed E-state index contributed by atoms with van der Waals surface area (Å²) < 4.78 is 20.5. The van der Waals surface area contributed by atoms with E-state index >= 15 is 0 Å². The summed E-state index contributed by atoms with van der Waals surface area (Å²) >= 11 is 1.46. The van der Waals surface area contributed by atoms with E-state index in [-0.39, 0.29) is 18.1 Å². The minimum absolute atomic E-state index is 0.0307. The molecule has 0 spiro atoms. The van der Waals surface area contributed by atoms with Crippen LogP contribution in [0.15, 0.2) is 12.1 Å². The fourth-order valence-corrected chi connectivity index (χ4v) is 3.32. The topological polar surface area (TPSA) is 91.4 Å². The van der Waals surface area contributed by atoms with Gasteiger partial charge in [-0.15, -0.1) is 11.8 Å². The van der Waals surface area contributed by atoms with Crippen molar-refractivity contribution in [3.8, 4) is 17.2 Å². The summed E-state index contributed by atoms with van der Waals surface area (Å²) in [5, 5.41) is 0. The summed E-state index contributed by atoms with van der Waals surface area (Å²) in [7, 11) is 0. The zero-order valence-corrected chi connectivity index (χ0v) is 13.0. The molecule has 1 unspecified atom stereocenters. The number of esters is 1. The largest absolute Gasteiger partial charge is 0.454 e. The standard InChI is InChI=1S/C14H13NO7S/c1-8(17)22-10-3-12-11(20-7-21-12)2-9(10)14(18)15-5-23-4-13(15)19-6-16/h2-3,6,13H,4-5,7H2,1H3. The highest BCUT2D eigenvalue weighted by Gasteiger charge is 2.34. The molecule has 9 heteroatoms. The Balaban J connectivity index is 1.95. The third kappa shape index (κ3) is 3.04. The van der Waals surface area contributed by atoms with Gasteiger partial charge in [0.1, 0.15) is 5.75 Å². The first-order chi connectivity index (χ1) is 11.1. The molecule has 1 atom stereocenters. The number of benzene rings is 1. The second-order valence-corrected chi connectivity index (χ2v) is 5.76. The van der Waals surface area contributed by atoms with Crippen molar-refractivity contribution in [2.75, 3.05) is 18.4 Å². The van der Waals surface area contributed by atoms with Crippen molar-refractivity contribution in [3.05, 3.63) is 17.7 Å². The smallest absolute Gasteiger partial charge is 0.308 e. The first-order valence-corrected chi connectivity index (χ1v) is 7.85. The van der Waals surface area contributed by atoms with Crippen molar-refractivity contribution < 1.29 is 33.3 Å². The maximum absolute atomic E-state index is 12.8. The quantitative estimate of drug-likeness (QED) is 0.455. The van der Waals surface area contributed by atoms with Gasteiger partial charge in [-0.25, -0.2) is 0 Å². The number of amides is 1. The van der Waals surface area contributed by atoms with Crippen LogP contribution in [-0.4, -0.2) is 47.9 Å². The summed E-state index contributed by atoms with van der Waals surface area (Å²) in [6.07, 6.45) is -0.652. The Morgan fingerprint density at radius 1 is 1.35 bits per heavy atom. The Labute approximate surface area is 135 Å². The van der Waals surface area contributed by atoms with Crippen LogP contribution in [0.25, 0.3) is 0 Å². The first-order valence-electron chi connectivity index (χ1n) is 6.70. The van der Waals surface area contributed by atoms with Crippen LogP contribution in [0.3, 0.4) is 0 Å². The maximum Gasteiger partial charge on any atom is 0.308 e. The number of fused-ring (bicyclic) bond motifs is 1. The minimum atomic E-state index is -0.652. The van der Waals surface area contributed by atoms with E-state index in [2.05, 4.69) is 0 Å². The van der Waals surface area contributed by atoms with E-state index < -0.39 is 18.1 Å². The first kappa shape index (κ1) is 15.5. The summed E-state index contributed by atoms with van der Waals surface area (Å²) in [4.78, 5) is 36.0. The molecule has 3 rings (SSSR count). The second kappa shape index (κ2) is 6.37. The van der Waals surface area contributed by atoms with Crippen LogP contribution in [0, 0.1) is 0 Å². The molecule has 1 aromatic carbocycles. The molecule has 0 saturated carbocycles. The number of carbonyl (C=O) groups excluding carboxylic acids is 3. The van der Waals surface area contributed by atoms with Gasteiger partial charge in [0.15, 0.2) is 17.7 Å². The second-order valence-electron chi connectivity index (χ2n) is 4.76. The zero-order valence-electron chi connectivity index (χ0n) is 12.1. The highest BCUT2D eigenvalue weighted by Crippen LogP contribution is 2.39. The van der Waals surface area contributed by atoms with Gasteiger partial charge >= 0.3 is 5.97 Å². The normalized spacial score (nSPS) is 18.7. The van der Waals surface area contributed by atoms with Crippen LogP contribution in [0.4, 0.5) is 0 Å². The fourth-order valence-electron chi connectivity index (χ4n) is 2.28. The van der Waals surface area contributed by atoms with Crippen molar-refractivity contribution in [1.82, 2.24) is 4.90 Å². The summed E-state index contributed by atoms with van der Waals surface area (Å²) in [6.45, 7) is 1.58. The molecule has 23 heavy (non-hydrogen) atoms. The lowest BCUT2D eigenvalue weighted by Gasteiger charge is -2.22. The SMILES string of the molecule is CC(=O)Oc1cc2c(cc1C(=O)N1CSCC1OC=O)OCO2. The maximum atomic E-state index is 12.8. The van der Waals surface area contributed by atoms with Crippen molar-refractivity contribution in [1.29, 1.82) is 0 Å². The number of nitrogens with zero attached hydrogens (tertiary/aromatic N) is 1. The van der Waals surface area contributed by atoms with Gasteiger partial charge in [-0.3, -0.25) is 19.3 Å². The number of thioether (sulfide) groups is 1. The molecular formula is C14H13NO7S. The van der Waals surface area contributed by atoms with Gasteiger partial charge < -0.3 is 18.9 Å². The van der Waals surface area contributed by atoms with Gasteiger partial charge in [-0.05, 0) is 0 Å². The van der Waals surface area contributed by atoms with Gasteiger partial charge in [0, 0.05) is 19.1 Å². The molecule has 122 valence electrons. The molecule has 0 aliphatic carbocycles. The van der Waals surface area contributed by atoms with E-state index in [0.717, 1.165) is 0 Å². The summed E-state index contributed by atoms with van der Waals surface area (Å²) in [5.74, 6) is 0.737. The number of hydrogen-bond donors (Lipinski definition) is 0. The molecule has 1 aromatic rings. The van der Waals surface area contributed by atoms with Crippen LogP contribution in [-0.2, 0) is 14.3 Å². The Morgan fingerprint density at radius 3 is 2.78 bits per heavy atom.